The van der Waals surface area contributed by atoms with Gasteiger partial charge in [0.1, 0.15) is 0 Å². The lowest BCUT2D eigenvalue weighted by Gasteiger charge is -2.32. The molecule has 0 bridgehead atoms. The number of morpholine rings is 1. The average molecular weight is 225 g/mol. The number of nitrogens with zero attached hydrogens (tertiary/aromatic N) is 2. The molecular weight excluding hydrogens is 202 g/mol. The fourth-order valence-corrected chi connectivity index (χ4v) is 2.00. The van der Waals surface area contributed by atoms with E-state index in [1.165, 1.54) is 0 Å². The number of nitrogens with one attached hydrogen (secondary N) is 1. The maximum Gasteiger partial charge on any atom is 0.0965 e. The Labute approximate surface area is 98.6 Å². The van der Waals surface area contributed by atoms with Crippen LogP contribution in [0.15, 0.2) is 0 Å². The quantitative estimate of drug-likeness (QED) is 0.732. The van der Waals surface area contributed by atoms with Crippen molar-refractivity contribution < 1.29 is 4.74 Å². The first-order valence-corrected chi connectivity index (χ1v) is 6.27. The largest absolute Gasteiger partial charge is 0.376 e. The van der Waals surface area contributed by atoms with Crippen LogP contribution in [0.5, 0.6) is 0 Å². The summed E-state index contributed by atoms with van der Waals surface area (Å²) < 4.78 is 5.62. The molecule has 4 heteroatoms. The second kappa shape index (κ2) is 7.61. The van der Waals surface area contributed by atoms with Crippen molar-refractivity contribution in [1.82, 2.24) is 10.2 Å². The Bertz CT molecular complexity index is 227. The van der Waals surface area contributed by atoms with Gasteiger partial charge >= 0.3 is 0 Å². The van der Waals surface area contributed by atoms with Gasteiger partial charge in [0.15, 0.2) is 0 Å². The van der Waals surface area contributed by atoms with E-state index in [0.717, 1.165) is 45.6 Å². The van der Waals surface area contributed by atoms with Crippen LogP contribution >= 0.6 is 0 Å². The monoisotopic (exact) mass is 225 g/mol. The molecule has 1 rings (SSSR count). The summed E-state index contributed by atoms with van der Waals surface area (Å²) in [7, 11) is 0. The van der Waals surface area contributed by atoms with Gasteiger partial charge < -0.3 is 10.1 Å². The molecule has 0 radical (unpaired) electrons. The smallest absolute Gasteiger partial charge is 0.0965 e. The molecule has 2 unspecified atom stereocenters. The van der Waals surface area contributed by atoms with Crippen molar-refractivity contribution >= 4 is 0 Å². The molecule has 0 aromatic carbocycles. The van der Waals surface area contributed by atoms with Crippen LogP contribution in [0.4, 0.5) is 0 Å². The molecule has 0 amide bonds. The molecule has 0 aromatic rings. The van der Waals surface area contributed by atoms with Crippen LogP contribution in [0.2, 0.25) is 0 Å². The highest BCUT2D eigenvalue weighted by Crippen LogP contribution is 2.08. The summed E-state index contributed by atoms with van der Waals surface area (Å²) in [5.41, 5.74) is 0. The minimum atomic E-state index is -0.00655. The minimum absolute atomic E-state index is 0.00655. The Morgan fingerprint density at radius 2 is 2.38 bits per heavy atom. The maximum atomic E-state index is 8.93. The summed E-state index contributed by atoms with van der Waals surface area (Å²) >= 11 is 0. The molecule has 0 spiro atoms. The molecule has 0 aromatic heterocycles. The molecule has 1 heterocycles. The summed E-state index contributed by atoms with van der Waals surface area (Å²) in [6.07, 6.45) is 2.36. The second-order valence-corrected chi connectivity index (χ2v) is 4.23. The summed E-state index contributed by atoms with van der Waals surface area (Å²) in [6, 6.07) is 2.29. The Kier molecular flexibility index (Phi) is 6.39. The second-order valence-electron chi connectivity index (χ2n) is 4.23. The maximum absolute atomic E-state index is 8.93. The molecule has 92 valence electrons. The normalized spacial score (nSPS) is 23.9. The van der Waals surface area contributed by atoms with Crippen molar-refractivity contribution in [2.75, 3.05) is 32.8 Å². The van der Waals surface area contributed by atoms with Gasteiger partial charge in [0.05, 0.1) is 24.8 Å². The van der Waals surface area contributed by atoms with Crippen molar-refractivity contribution in [2.24, 2.45) is 0 Å². The molecule has 2 atom stereocenters. The average Bonchev–Trinajstić information content (AvgIpc) is 2.34. The van der Waals surface area contributed by atoms with Crippen LogP contribution < -0.4 is 5.32 Å². The Balaban J connectivity index is 2.23. The lowest BCUT2D eigenvalue weighted by Crippen LogP contribution is -2.44. The molecule has 0 saturated carbocycles. The number of hydrogen-bond acceptors (Lipinski definition) is 4. The first kappa shape index (κ1) is 13.4. The molecule has 0 aliphatic carbocycles. The Hall–Kier alpha value is -0.630. The van der Waals surface area contributed by atoms with Crippen molar-refractivity contribution in [3.05, 3.63) is 0 Å². The molecule has 1 aliphatic rings. The molecule has 1 aliphatic heterocycles. The molecular formula is C12H23N3O. The summed E-state index contributed by atoms with van der Waals surface area (Å²) in [5, 5.41) is 12.1. The van der Waals surface area contributed by atoms with Gasteiger partial charge in [0.25, 0.3) is 0 Å². The first-order chi connectivity index (χ1) is 7.80. The van der Waals surface area contributed by atoms with E-state index in [1.54, 1.807) is 0 Å². The third-order valence-corrected chi connectivity index (χ3v) is 3.02. The van der Waals surface area contributed by atoms with E-state index < -0.39 is 0 Å². The van der Waals surface area contributed by atoms with Gasteiger partial charge in [-0.2, -0.15) is 5.26 Å². The fraction of sp³-hybridized carbons (Fsp3) is 0.917. The molecule has 1 fully saturated rings. The number of ether oxygens (including phenoxy) is 1. The van der Waals surface area contributed by atoms with Crippen LogP contribution in [-0.2, 0) is 4.74 Å². The van der Waals surface area contributed by atoms with Gasteiger partial charge in [-0.25, -0.2) is 0 Å². The highest BCUT2D eigenvalue weighted by atomic mass is 16.5. The summed E-state index contributed by atoms with van der Waals surface area (Å²) in [5.74, 6) is 0. The lowest BCUT2D eigenvalue weighted by atomic mass is 10.2. The molecule has 1 N–H and O–H groups in total. The van der Waals surface area contributed by atoms with Crippen LogP contribution in [-0.4, -0.2) is 49.8 Å². The van der Waals surface area contributed by atoms with Crippen molar-refractivity contribution in [3.63, 3.8) is 0 Å². The number of nitriles is 1. The summed E-state index contributed by atoms with van der Waals surface area (Å²) in [4.78, 5) is 2.40. The highest BCUT2D eigenvalue weighted by Gasteiger charge is 2.19. The van der Waals surface area contributed by atoms with Crippen LogP contribution in [0.3, 0.4) is 0 Å². The zero-order chi connectivity index (χ0) is 11.8. The predicted octanol–water partition coefficient (Wildman–Crippen LogP) is 0.989. The van der Waals surface area contributed by atoms with Gasteiger partial charge in [-0.1, -0.05) is 13.8 Å². The van der Waals surface area contributed by atoms with E-state index in [4.69, 9.17) is 10.00 Å². The first-order valence-electron chi connectivity index (χ1n) is 6.27. The highest BCUT2D eigenvalue weighted by molar-refractivity contribution is 4.90. The molecule has 1 saturated heterocycles. The van der Waals surface area contributed by atoms with Gasteiger partial charge in [0, 0.05) is 19.6 Å². The Morgan fingerprint density at radius 1 is 1.56 bits per heavy atom. The van der Waals surface area contributed by atoms with E-state index in [2.05, 4.69) is 23.2 Å². The molecule has 16 heavy (non-hydrogen) atoms. The van der Waals surface area contributed by atoms with Crippen molar-refractivity contribution in [1.29, 1.82) is 5.26 Å². The van der Waals surface area contributed by atoms with Gasteiger partial charge in [-0.15, -0.1) is 0 Å². The zero-order valence-corrected chi connectivity index (χ0v) is 10.4. The zero-order valence-electron chi connectivity index (χ0n) is 10.4. The fourth-order valence-electron chi connectivity index (χ4n) is 2.00. The van der Waals surface area contributed by atoms with Crippen LogP contribution in [0.25, 0.3) is 0 Å². The van der Waals surface area contributed by atoms with Gasteiger partial charge in [-0.3, -0.25) is 4.90 Å². The van der Waals surface area contributed by atoms with E-state index in [1.807, 2.05) is 6.92 Å². The van der Waals surface area contributed by atoms with E-state index >= 15 is 0 Å². The van der Waals surface area contributed by atoms with Crippen LogP contribution in [0.1, 0.15) is 26.7 Å². The number of hydrogen-bond donors (Lipinski definition) is 1. The van der Waals surface area contributed by atoms with Gasteiger partial charge in [0.2, 0.25) is 0 Å². The van der Waals surface area contributed by atoms with E-state index in [9.17, 15) is 0 Å². The lowest BCUT2D eigenvalue weighted by molar-refractivity contribution is -0.0301. The SMILES string of the molecule is CCNC(C#N)CCN1CCOC(CC)C1. The van der Waals surface area contributed by atoms with Gasteiger partial charge in [-0.05, 0) is 19.4 Å². The predicted molar refractivity (Wildman–Crippen MR) is 64.2 cm³/mol. The van der Waals surface area contributed by atoms with E-state index in [0.29, 0.717) is 6.10 Å². The minimum Gasteiger partial charge on any atom is -0.376 e. The van der Waals surface area contributed by atoms with Crippen molar-refractivity contribution in [3.8, 4) is 6.07 Å². The third kappa shape index (κ3) is 4.48. The third-order valence-electron chi connectivity index (χ3n) is 3.02. The van der Waals surface area contributed by atoms with Crippen molar-refractivity contribution in [2.45, 2.75) is 38.8 Å². The van der Waals surface area contributed by atoms with E-state index in [-0.39, 0.29) is 6.04 Å². The standard InChI is InChI=1S/C12H23N3O/c1-3-12-10-15(7-8-16-12)6-5-11(9-13)14-4-2/h11-12,14H,3-8,10H2,1-2H3. The number of rotatable bonds is 6. The topological polar surface area (TPSA) is 48.3 Å². The van der Waals surface area contributed by atoms with Crippen LogP contribution in [0, 0.1) is 11.3 Å². The molecule has 4 nitrogen and oxygen atoms in total. The summed E-state index contributed by atoms with van der Waals surface area (Å²) in [6.45, 7) is 8.89. The Morgan fingerprint density at radius 3 is 3.00 bits per heavy atom.